The van der Waals surface area contributed by atoms with Gasteiger partial charge in [-0.3, -0.25) is 4.57 Å². The lowest BCUT2D eigenvalue weighted by Gasteiger charge is -2.44. The first-order chi connectivity index (χ1) is 22.8. The zero-order valence-electron chi connectivity index (χ0n) is 32.5. The summed E-state index contributed by atoms with van der Waals surface area (Å²) in [5, 5.41) is 8.26. The molecule has 4 aromatic rings. The lowest BCUT2D eigenvalue weighted by Crippen LogP contribution is -2.54. The SMILES string of the molecule is CC(C)(C)[Si](C)(C)OC[C@H]1O[C@@H](n2cnc3c(On4nnc5ccccc54)nc(Cl)nc32)[C@H](O[Si](C)(C)C(C)(C)C)[C@@H]1O[Si](C)(C)C(C)(C)C. The fraction of sp³-hybridized carbons (Fsp3) is 0.676. The van der Waals surface area contributed by atoms with Gasteiger partial charge in [-0.15, -0.1) is 5.10 Å². The highest BCUT2D eigenvalue weighted by atomic mass is 35.5. The Morgan fingerprint density at radius 3 is 1.98 bits per heavy atom. The molecular formula is C34H56ClN7O5Si3. The molecule has 0 spiro atoms. The summed E-state index contributed by atoms with van der Waals surface area (Å²) in [6.45, 7) is 34.1. The molecular weight excluding hydrogens is 706 g/mol. The highest BCUT2D eigenvalue weighted by Gasteiger charge is 2.55. The standard InChI is InChI=1S/C34H56ClN7O5Si3/c1-32(2,3)48(10,11)43-20-24-26(46-49(12,13)33(4,5)6)27(47-50(14,15)34(7,8)9)30(44-24)41-21-36-25-28(41)37-31(35)38-29(25)45-42-23-19-17-16-18-22(23)39-40-42/h16-19,21,24,26-27,30H,20H2,1-15H3/t24-,26-,27-,30-/m1/s1. The van der Waals surface area contributed by atoms with Crippen LogP contribution in [0.1, 0.15) is 68.5 Å². The van der Waals surface area contributed by atoms with Crippen molar-refractivity contribution < 1.29 is 22.9 Å². The molecule has 276 valence electrons. The molecule has 4 atom stereocenters. The molecule has 1 fully saturated rings. The Morgan fingerprint density at radius 2 is 1.38 bits per heavy atom. The number of aromatic nitrogens is 7. The molecule has 1 aromatic carbocycles. The van der Waals surface area contributed by atoms with Gasteiger partial charge in [0.2, 0.25) is 5.28 Å². The highest BCUT2D eigenvalue weighted by Crippen LogP contribution is 2.47. The van der Waals surface area contributed by atoms with E-state index in [4.69, 9.17) is 39.4 Å². The van der Waals surface area contributed by atoms with E-state index in [0.717, 1.165) is 0 Å². The largest absolute Gasteiger partial charge is 0.414 e. The van der Waals surface area contributed by atoms with E-state index < -0.39 is 49.5 Å². The van der Waals surface area contributed by atoms with Gasteiger partial charge < -0.3 is 22.9 Å². The minimum absolute atomic E-state index is 0.00887. The molecule has 0 bridgehead atoms. The molecule has 0 unspecified atom stereocenters. The number of hydrogen-bond acceptors (Lipinski definition) is 10. The Kier molecular flexibility index (Phi) is 10.4. The number of fused-ring (bicyclic) bond motifs is 2. The van der Waals surface area contributed by atoms with Crippen molar-refractivity contribution in [3.8, 4) is 5.88 Å². The van der Waals surface area contributed by atoms with Crippen LogP contribution < -0.4 is 4.84 Å². The van der Waals surface area contributed by atoms with Crippen LogP contribution in [0.25, 0.3) is 22.2 Å². The molecule has 16 heteroatoms. The van der Waals surface area contributed by atoms with Gasteiger partial charge >= 0.3 is 0 Å². The quantitative estimate of drug-likeness (QED) is 0.115. The average Bonchev–Trinajstić information content (AvgIpc) is 3.66. The predicted molar refractivity (Wildman–Crippen MR) is 205 cm³/mol. The van der Waals surface area contributed by atoms with Crippen LogP contribution in [0.4, 0.5) is 0 Å². The summed E-state index contributed by atoms with van der Waals surface area (Å²) < 4.78 is 30.4. The van der Waals surface area contributed by atoms with Gasteiger partial charge in [0, 0.05) is 0 Å². The second-order valence-electron chi connectivity index (χ2n) is 18.0. The minimum Gasteiger partial charge on any atom is -0.414 e. The molecule has 3 aromatic heterocycles. The van der Waals surface area contributed by atoms with E-state index in [1.807, 2.05) is 28.8 Å². The Bertz CT molecular complexity index is 1830. The maximum atomic E-state index is 7.33. The van der Waals surface area contributed by atoms with Crippen molar-refractivity contribution >= 4 is 58.8 Å². The van der Waals surface area contributed by atoms with Gasteiger partial charge in [-0.1, -0.05) is 79.3 Å². The fourth-order valence-corrected chi connectivity index (χ4v) is 8.76. The molecule has 1 aliphatic rings. The molecule has 0 radical (unpaired) electrons. The summed E-state index contributed by atoms with van der Waals surface area (Å²) in [5.74, 6) is 0.140. The summed E-state index contributed by atoms with van der Waals surface area (Å²) in [6.07, 6.45) is -0.276. The molecule has 12 nitrogen and oxygen atoms in total. The van der Waals surface area contributed by atoms with Crippen molar-refractivity contribution in [3.63, 3.8) is 0 Å². The number of benzene rings is 1. The lowest BCUT2D eigenvalue weighted by atomic mass is 10.1. The smallest absolute Gasteiger partial charge is 0.281 e. The third-order valence-corrected chi connectivity index (χ3v) is 24.9. The summed E-state index contributed by atoms with van der Waals surface area (Å²) in [5.41, 5.74) is 2.19. The van der Waals surface area contributed by atoms with Crippen LogP contribution in [0.5, 0.6) is 5.88 Å². The van der Waals surface area contributed by atoms with E-state index in [2.05, 4.69) is 122 Å². The maximum Gasteiger partial charge on any atom is 0.281 e. The van der Waals surface area contributed by atoms with E-state index in [-0.39, 0.29) is 26.3 Å². The first-order valence-corrected chi connectivity index (χ1v) is 26.5. The van der Waals surface area contributed by atoms with Crippen LogP contribution in [0.3, 0.4) is 0 Å². The minimum atomic E-state index is -2.38. The van der Waals surface area contributed by atoms with Gasteiger partial charge in [-0.2, -0.15) is 9.97 Å². The number of para-hydroxylation sites is 1. The number of imidazole rings is 1. The summed E-state index contributed by atoms with van der Waals surface area (Å²) in [4.78, 5) is 21.2. The number of rotatable bonds is 10. The van der Waals surface area contributed by atoms with E-state index in [1.54, 1.807) is 6.33 Å². The van der Waals surface area contributed by atoms with E-state index in [1.165, 1.54) is 4.85 Å². The third kappa shape index (κ3) is 7.61. The van der Waals surface area contributed by atoms with Gasteiger partial charge in [-0.25, -0.2) is 4.98 Å². The zero-order chi connectivity index (χ0) is 37.2. The van der Waals surface area contributed by atoms with Crippen LogP contribution in [0.2, 0.25) is 59.7 Å². The maximum absolute atomic E-state index is 7.33. The van der Waals surface area contributed by atoms with Gasteiger partial charge in [-0.05, 0) is 83.3 Å². The first-order valence-electron chi connectivity index (χ1n) is 17.4. The monoisotopic (exact) mass is 761 g/mol. The molecule has 1 aliphatic heterocycles. The summed E-state index contributed by atoms with van der Waals surface area (Å²) in [7, 11) is -6.84. The molecule has 1 saturated heterocycles. The summed E-state index contributed by atoms with van der Waals surface area (Å²) in [6, 6.07) is 7.49. The van der Waals surface area contributed by atoms with Crippen molar-refractivity contribution in [1.82, 2.24) is 34.7 Å². The Balaban J connectivity index is 1.62. The van der Waals surface area contributed by atoms with Gasteiger partial charge in [0.15, 0.2) is 42.3 Å². The molecule has 5 rings (SSSR count). The fourth-order valence-electron chi connectivity index (χ4n) is 4.99. The van der Waals surface area contributed by atoms with Crippen molar-refractivity contribution in [2.45, 2.75) is 141 Å². The topological polar surface area (TPSA) is 120 Å². The number of halogens is 1. The van der Waals surface area contributed by atoms with Crippen molar-refractivity contribution in [1.29, 1.82) is 0 Å². The van der Waals surface area contributed by atoms with E-state index in [9.17, 15) is 0 Å². The van der Waals surface area contributed by atoms with Crippen molar-refractivity contribution in [3.05, 3.63) is 35.9 Å². The van der Waals surface area contributed by atoms with E-state index >= 15 is 0 Å². The second-order valence-corrected chi connectivity index (χ2v) is 32.6. The number of hydrogen-bond donors (Lipinski definition) is 0. The van der Waals surface area contributed by atoms with E-state index in [0.29, 0.717) is 28.8 Å². The number of ether oxygens (including phenoxy) is 1. The molecule has 0 aliphatic carbocycles. The molecule has 50 heavy (non-hydrogen) atoms. The van der Waals surface area contributed by atoms with Crippen LogP contribution in [0, 0.1) is 0 Å². The van der Waals surface area contributed by atoms with Crippen LogP contribution >= 0.6 is 11.6 Å². The van der Waals surface area contributed by atoms with Gasteiger partial charge in [0.1, 0.15) is 29.3 Å². The van der Waals surface area contributed by atoms with Crippen LogP contribution in [-0.2, 0) is 18.0 Å². The Labute approximate surface area is 304 Å². The van der Waals surface area contributed by atoms with Crippen molar-refractivity contribution in [2.75, 3.05) is 6.61 Å². The lowest BCUT2D eigenvalue weighted by molar-refractivity contribution is -0.0470. The third-order valence-electron chi connectivity index (χ3n) is 11.3. The normalized spacial score (nSPS) is 21.4. The Morgan fingerprint density at radius 1 is 0.800 bits per heavy atom. The highest BCUT2D eigenvalue weighted by molar-refractivity contribution is 6.75. The average molecular weight is 763 g/mol. The van der Waals surface area contributed by atoms with Crippen LogP contribution in [0.15, 0.2) is 30.6 Å². The van der Waals surface area contributed by atoms with Gasteiger partial charge in [0.05, 0.1) is 12.9 Å². The molecule has 4 heterocycles. The molecule has 0 N–H and O–H groups in total. The molecule has 0 amide bonds. The van der Waals surface area contributed by atoms with Gasteiger partial charge in [0.25, 0.3) is 5.88 Å². The zero-order valence-corrected chi connectivity index (χ0v) is 36.2. The predicted octanol–water partition coefficient (Wildman–Crippen LogP) is 8.77. The second kappa shape index (κ2) is 13.3. The summed E-state index contributed by atoms with van der Waals surface area (Å²) >= 11 is 6.57. The Hall–Kier alpha value is -2.25. The van der Waals surface area contributed by atoms with Crippen molar-refractivity contribution in [2.24, 2.45) is 0 Å². The number of nitrogens with zero attached hydrogens (tertiary/aromatic N) is 7. The van der Waals surface area contributed by atoms with Crippen LogP contribution in [-0.4, -0.2) is 84.5 Å². The molecule has 0 saturated carbocycles. The first kappa shape index (κ1) is 39.0.